The maximum absolute atomic E-state index is 10.8. The van der Waals surface area contributed by atoms with Gasteiger partial charge in [-0.25, -0.2) is 4.98 Å². The molecule has 0 saturated heterocycles. The number of aliphatic hydroxyl groups excluding tert-OH is 1. The van der Waals surface area contributed by atoms with Gasteiger partial charge in [0, 0.05) is 6.20 Å². The van der Waals surface area contributed by atoms with Gasteiger partial charge >= 0.3 is 5.97 Å². The number of carboxylic acids is 1. The van der Waals surface area contributed by atoms with E-state index in [0.717, 1.165) is 0 Å². The molecule has 2 atom stereocenters. The fraction of sp³-hybridized carbons (Fsp3) is 0.400. The number of halogens is 1. The molecule has 0 bridgehead atoms. The van der Waals surface area contributed by atoms with Crippen LogP contribution in [0.3, 0.4) is 0 Å². The van der Waals surface area contributed by atoms with Crippen LogP contribution in [0.4, 0.5) is 0 Å². The summed E-state index contributed by atoms with van der Waals surface area (Å²) in [5, 5.41) is 18.9. The third kappa shape index (κ3) is 2.91. The summed E-state index contributed by atoms with van der Waals surface area (Å²) < 4.78 is 0. The van der Waals surface area contributed by atoms with Crippen molar-refractivity contribution in [2.24, 2.45) is 5.92 Å². The van der Waals surface area contributed by atoms with Gasteiger partial charge in [0.05, 0.1) is 12.0 Å². The van der Waals surface area contributed by atoms with Crippen LogP contribution >= 0.6 is 11.6 Å². The van der Waals surface area contributed by atoms with Crippen LogP contribution in [0.25, 0.3) is 0 Å². The molecule has 15 heavy (non-hydrogen) atoms. The van der Waals surface area contributed by atoms with E-state index in [4.69, 9.17) is 16.7 Å². The molecule has 0 spiro atoms. The second-order valence-electron chi connectivity index (χ2n) is 3.21. The van der Waals surface area contributed by atoms with E-state index in [2.05, 4.69) is 4.98 Å². The van der Waals surface area contributed by atoms with Gasteiger partial charge in [-0.2, -0.15) is 0 Å². The molecular weight excluding hydrogens is 218 g/mol. The van der Waals surface area contributed by atoms with Gasteiger partial charge in [0.15, 0.2) is 0 Å². The quantitative estimate of drug-likeness (QED) is 0.774. The monoisotopic (exact) mass is 229 g/mol. The number of hydrogen-bond acceptors (Lipinski definition) is 3. The SMILES string of the molecule is CCC(C(=O)O)[C@H](O)c1ccc(Cl)nc1. The van der Waals surface area contributed by atoms with Crippen LogP contribution in [-0.2, 0) is 4.79 Å². The lowest BCUT2D eigenvalue weighted by molar-refractivity contribution is -0.146. The molecule has 4 nitrogen and oxygen atoms in total. The van der Waals surface area contributed by atoms with E-state index in [-0.39, 0.29) is 0 Å². The first-order valence-corrected chi connectivity index (χ1v) is 4.96. The minimum atomic E-state index is -1.04. The highest BCUT2D eigenvalue weighted by Gasteiger charge is 2.25. The summed E-state index contributed by atoms with van der Waals surface area (Å²) >= 11 is 5.58. The minimum Gasteiger partial charge on any atom is -0.481 e. The average Bonchev–Trinajstić information content (AvgIpc) is 2.19. The normalized spacial score (nSPS) is 14.6. The second kappa shape index (κ2) is 5.09. The molecule has 0 saturated carbocycles. The van der Waals surface area contributed by atoms with E-state index < -0.39 is 18.0 Å². The van der Waals surface area contributed by atoms with Gasteiger partial charge in [0.1, 0.15) is 5.15 Å². The molecule has 0 aromatic carbocycles. The Bertz CT molecular complexity index is 339. The molecule has 82 valence electrons. The molecule has 0 aliphatic carbocycles. The minimum absolute atomic E-state index is 0.314. The molecule has 5 heteroatoms. The molecule has 1 aromatic heterocycles. The van der Waals surface area contributed by atoms with Gasteiger partial charge in [-0.3, -0.25) is 4.79 Å². The first-order valence-electron chi connectivity index (χ1n) is 4.58. The van der Waals surface area contributed by atoms with Crippen molar-refractivity contribution in [2.75, 3.05) is 0 Å². The molecule has 0 aliphatic rings. The van der Waals surface area contributed by atoms with Crippen molar-refractivity contribution in [1.29, 1.82) is 0 Å². The highest BCUT2D eigenvalue weighted by molar-refractivity contribution is 6.29. The Labute approximate surface area is 92.5 Å². The molecule has 0 radical (unpaired) electrons. The van der Waals surface area contributed by atoms with Gasteiger partial charge in [0.25, 0.3) is 0 Å². The summed E-state index contributed by atoms with van der Waals surface area (Å²) in [5.74, 6) is -1.83. The van der Waals surface area contributed by atoms with E-state index in [1.807, 2.05) is 0 Å². The van der Waals surface area contributed by atoms with Crippen molar-refractivity contribution in [1.82, 2.24) is 4.98 Å². The van der Waals surface area contributed by atoms with E-state index in [1.165, 1.54) is 12.3 Å². The lowest BCUT2D eigenvalue weighted by atomic mass is 9.95. The first-order chi connectivity index (χ1) is 7.06. The van der Waals surface area contributed by atoms with E-state index in [9.17, 15) is 9.90 Å². The van der Waals surface area contributed by atoms with Crippen molar-refractivity contribution < 1.29 is 15.0 Å². The van der Waals surface area contributed by atoms with Crippen molar-refractivity contribution in [3.05, 3.63) is 29.0 Å². The van der Waals surface area contributed by atoms with Crippen LogP contribution in [0.15, 0.2) is 18.3 Å². The first kappa shape index (κ1) is 11.9. The molecular formula is C10H12ClNO3. The third-order valence-corrected chi connectivity index (χ3v) is 2.45. The number of pyridine rings is 1. The lowest BCUT2D eigenvalue weighted by Crippen LogP contribution is -2.21. The summed E-state index contributed by atoms with van der Waals surface area (Å²) in [6.45, 7) is 1.71. The Hall–Kier alpha value is -1.13. The van der Waals surface area contributed by atoms with Crippen LogP contribution in [0.2, 0.25) is 5.15 Å². The Morgan fingerprint density at radius 1 is 1.60 bits per heavy atom. The van der Waals surface area contributed by atoms with Gasteiger partial charge in [-0.05, 0) is 18.1 Å². The molecule has 2 N–H and O–H groups in total. The zero-order valence-corrected chi connectivity index (χ0v) is 8.98. The number of aliphatic carboxylic acids is 1. The number of nitrogens with zero attached hydrogens (tertiary/aromatic N) is 1. The summed E-state index contributed by atoms with van der Waals surface area (Å²) in [7, 11) is 0. The Kier molecular flexibility index (Phi) is 4.05. The van der Waals surface area contributed by atoms with Crippen molar-refractivity contribution in [2.45, 2.75) is 19.4 Å². The zero-order valence-electron chi connectivity index (χ0n) is 8.22. The fourth-order valence-electron chi connectivity index (χ4n) is 1.33. The topological polar surface area (TPSA) is 70.4 Å². The second-order valence-corrected chi connectivity index (χ2v) is 3.60. The maximum atomic E-state index is 10.8. The predicted molar refractivity (Wildman–Crippen MR) is 55.6 cm³/mol. The Balaban J connectivity index is 2.87. The molecule has 0 amide bonds. The molecule has 1 unspecified atom stereocenters. The summed E-state index contributed by atoms with van der Waals surface area (Å²) in [6.07, 6.45) is 0.704. The number of aromatic nitrogens is 1. The zero-order chi connectivity index (χ0) is 11.4. The maximum Gasteiger partial charge on any atom is 0.309 e. The van der Waals surface area contributed by atoms with Gasteiger partial charge in [-0.1, -0.05) is 24.6 Å². The highest BCUT2D eigenvalue weighted by atomic mass is 35.5. The number of hydrogen-bond donors (Lipinski definition) is 2. The third-order valence-electron chi connectivity index (χ3n) is 2.23. The van der Waals surface area contributed by atoms with Crippen LogP contribution in [-0.4, -0.2) is 21.2 Å². The van der Waals surface area contributed by atoms with Gasteiger partial charge < -0.3 is 10.2 Å². The van der Waals surface area contributed by atoms with E-state index in [1.54, 1.807) is 13.0 Å². The highest BCUT2D eigenvalue weighted by Crippen LogP contribution is 2.24. The number of rotatable bonds is 4. The predicted octanol–water partition coefficient (Wildman–Crippen LogP) is 1.88. The molecule has 1 aromatic rings. The lowest BCUT2D eigenvalue weighted by Gasteiger charge is -2.17. The largest absolute Gasteiger partial charge is 0.481 e. The molecule has 1 rings (SSSR count). The van der Waals surface area contributed by atoms with Crippen LogP contribution in [0.5, 0.6) is 0 Å². The van der Waals surface area contributed by atoms with E-state index in [0.29, 0.717) is 17.1 Å². The van der Waals surface area contributed by atoms with E-state index >= 15 is 0 Å². The molecule has 1 heterocycles. The molecule has 0 fully saturated rings. The fourth-order valence-corrected chi connectivity index (χ4v) is 1.44. The Morgan fingerprint density at radius 3 is 2.67 bits per heavy atom. The standard InChI is InChI=1S/C10H12ClNO3/c1-2-7(10(14)15)9(13)6-3-4-8(11)12-5-6/h3-5,7,9,13H,2H2,1H3,(H,14,15)/t7?,9-/m1/s1. The summed E-state index contributed by atoms with van der Waals surface area (Å²) in [5.41, 5.74) is 0.466. The van der Waals surface area contributed by atoms with Crippen LogP contribution in [0.1, 0.15) is 25.0 Å². The Morgan fingerprint density at radius 2 is 2.27 bits per heavy atom. The number of carboxylic acid groups (broad SMARTS) is 1. The van der Waals surface area contributed by atoms with Gasteiger partial charge in [0.2, 0.25) is 0 Å². The van der Waals surface area contributed by atoms with Crippen LogP contribution < -0.4 is 0 Å². The van der Waals surface area contributed by atoms with Crippen LogP contribution in [0, 0.1) is 5.92 Å². The number of aliphatic hydroxyl groups is 1. The summed E-state index contributed by atoms with van der Waals surface area (Å²) in [4.78, 5) is 14.6. The number of carbonyl (C=O) groups is 1. The van der Waals surface area contributed by atoms with Crippen molar-refractivity contribution in [3.63, 3.8) is 0 Å². The smallest absolute Gasteiger partial charge is 0.309 e. The average molecular weight is 230 g/mol. The van der Waals surface area contributed by atoms with Gasteiger partial charge in [-0.15, -0.1) is 0 Å². The summed E-state index contributed by atoms with van der Waals surface area (Å²) in [6, 6.07) is 3.10. The van der Waals surface area contributed by atoms with Crippen molar-refractivity contribution in [3.8, 4) is 0 Å². The molecule has 0 aliphatic heterocycles. The van der Waals surface area contributed by atoms with Crippen molar-refractivity contribution >= 4 is 17.6 Å².